The zero-order valence-electron chi connectivity index (χ0n) is 15.5. The molecule has 6 heteroatoms. The fourth-order valence-corrected chi connectivity index (χ4v) is 2.39. The molecule has 0 saturated carbocycles. The number of nitrogens with zero attached hydrogens (tertiary/aromatic N) is 1. The van der Waals surface area contributed by atoms with Crippen LogP contribution in [0.3, 0.4) is 0 Å². The van der Waals surface area contributed by atoms with Gasteiger partial charge in [0, 0.05) is 17.2 Å². The molecule has 1 fully saturated rings. The van der Waals surface area contributed by atoms with Gasteiger partial charge in [0.25, 0.3) is 10.1 Å². The van der Waals surface area contributed by atoms with Crippen molar-refractivity contribution in [3.63, 3.8) is 0 Å². The summed E-state index contributed by atoms with van der Waals surface area (Å²) in [6, 6.07) is 5.77. The van der Waals surface area contributed by atoms with E-state index in [-0.39, 0.29) is 24.6 Å². The number of likely N-dealkylation sites (N-methyl/N-ethyl adjacent to an activating group) is 1. The third-order valence-electron chi connectivity index (χ3n) is 2.67. The number of hydrogen-bond acceptors (Lipinski definition) is 5. The van der Waals surface area contributed by atoms with E-state index in [9.17, 15) is 8.42 Å². The summed E-state index contributed by atoms with van der Waals surface area (Å²) in [7, 11) is -4.35. The van der Waals surface area contributed by atoms with Gasteiger partial charge in [0.2, 0.25) is 0 Å². The van der Waals surface area contributed by atoms with Crippen LogP contribution in [0.15, 0.2) is 29.2 Å². The number of benzene rings is 1. The maximum absolute atomic E-state index is 12.2. The van der Waals surface area contributed by atoms with Gasteiger partial charge in [-0.05, 0) is 26.0 Å². The number of aryl methyl sites for hydroxylation is 1. The second kappa shape index (κ2) is 6.00. The summed E-state index contributed by atoms with van der Waals surface area (Å²) >= 11 is 0. The van der Waals surface area contributed by atoms with E-state index in [1.807, 2.05) is 0 Å². The monoisotopic (exact) mass is 290 g/mol. The predicted octanol–water partition coefficient (Wildman–Crippen LogP) is 1.03. The van der Waals surface area contributed by atoms with Crippen LogP contribution in [0.5, 0.6) is 0 Å². The molecule has 0 bridgehead atoms. The van der Waals surface area contributed by atoms with Crippen LogP contribution in [-0.4, -0.2) is 52.7 Å². The molecule has 1 aromatic rings. The minimum Gasteiger partial charge on any atom is -0.373 e. The van der Waals surface area contributed by atoms with Crippen LogP contribution in [0, 0.1) is 6.92 Å². The largest absolute Gasteiger partial charge is 0.373 e. The summed E-state index contributed by atoms with van der Waals surface area (Å²) < 4.78 is 72.3. The maximum atomic E-state index is 12.2. The molecule has 0 spiro atoms. The lowest BCUT2D eigenvalue weighted by atomic mass is 10.2. The van der Waals surface area contributed by atoms with Crippen molar-refractivity contribution in [3.8, 4) is 0 Å². The summed E-state index contributed by atoms with van der Waals surface area (Å²) in [4.78, 5) is 0.876. The first-order valence-corrected chi connectivity index (χ1v) is 7.22. The number of rotatable bonds is 4. The lowest BCUT2D eigenvalue weighted by molar-refractivity contribution is -0.0393. The number of hydrogen-bond donors (Lipinski definition) is 0. The minimum absolute atomic E-state index is 0.0312. The maximum Gasteiger partial charge on any atom is 0.297 e. The van der Waals surface area contributed by atoms with E-state index in [4.69, 9.17) is 15.8 Å². The van der Waals surface area contributed by atoms with Gasteiger partial charge in [0.05, 0.1) is 26.9 Å². The lowest BCUT2D eigenvalue weighted by Crippen LogP contribution is -2.42. The Kier molecular flexibility index (Phi) is 2.87. The second-order valence-corrected chi connectivity index (χ2v) is 5.82. The Bertz CT molecular complexity index is 675. The van der Waals surface area contributed by atoms with E-state index in [0.717, 1.165) is 10.5 Å². The number of morpholine rings is 1. The van der Waals surface area contributed by atoms with Gasteiger partial charge >= 0.3 is 0 Å². The molecule has 0 N–H and O–H groups in total. The fourth-order valence-electron chi connectivity index (χ4n) is 1.59. The average Bonchev–Trinajstić information content (AvgIpc) is 2.46. The Hall–Kier alpha value is -0.950. The zero-order valence-corrected chi connectivity index (χ0v) is 11.3. The molecule has 1 heterocycles. The summed E-state index contributed by atoms with van der Waals surface area (Å²) in [5.74, 6) is 0. The van der Waals surface area contributed by atoms with Crippen LogP contribution in [0.2, 0.25) is 0 Å². The molecule has 2 rings (SSSR count). The van der Waals surface area contributed by atoms with Gasteiger partial charge in [-0.2, -0.15) is 8.42 Å². The highest BCUT2D eigenvalue weighted by atomic mass is 32.2. The molecule has 0 aliphatic carbocycles. The first kappa shape index (κ1) is 9.07. The van der Waals surface area contributed by atoms with E-state index in [1.165, 1.54) is 12.1 Å². The van der Waals surface area contributed by atoms with Crippen LogP contribution in [-0.2, 0) is 19.0 Å². The summed E-state index contributed by atoms with van der Waals surface area (Å²) in [6.07, 6.45) is -1.34. The smallest absolute Gasteiger partial charge is 0.297 e. The van der Waals surface area contributed by atoms with Gasteiger partial charge < -0.3 is 9.64 Å². The van der Waals surface area contributed by atoms with Gasteiger partial charge in [-0.1, -0.05) is 17.7 Å². The van der Waals surface area contributed by atoms with Gasteiger partial charge in [0.1, 0.15) is 0 Å². The highest BCUT2D eigenvalue weighted by molar-refractivity contribution is 7.86. The Morgan fingerprint density at radius 3 is 2.95 bits per heavy atom. The van der Waals surface area contributed by atoms with E-state index in [1.54, 1.807) is 19.1 Å². The van der Waals surface area contributed by atoms with Crippen molar-refractivity contribution in [2.24, 2.45) is 0 Å². The van der Waals surface area contributed by atoms with Crippen LogP contribution >= 0.6 is 0 Å². The van der Waals surface area contributed by atoms with E-state index in [0.29, 0.717) is 0 Å². The minimum atomic E-state index is -4.35. The fraction of sp³-hybridized carbons (Fsp3) is 0.538. The van der Waals surface area contributed by atoms with Crippen LogP contribution < -0.4 is 0 Å². The van der Waals surface area contributed by atoms with Gasteiger partial charge in [-0.3, -0.25) is 4.18 Å². The molecule has 5 nitrogen and oxygen atoms in total. The standard InChI is InChI=1S/C13H19NO4S/c1-11-3-5-13(6-4-11)19(15,16)18-10-12-9-14(2)7-8-17-12/h3-6,12H,7-10H2,1-2H3/t12-/m1/s1/i2D3,10D2. The Labute approximate surface area is 121 Å². The van der Waals surface area contributed by atoms with Gasteiger partial charge in [-0.25, -0.2) is 0 Å². The van der Waals surface area contributed by atoms with Gasteiger partial charge in [0.15, 0.2) is 0 Å². The van der Waals surface area contributed by atoms with Crippen molar-refractivity contribution in [1.82, 2.24) is 4.90 Å². The molecular formula is C13H19NO4S. The topological polar surface area (TPSA) is 55.8 Å². The third-order valence-corrected chi connectivity index (χ3v) is 3.83. The first-order chi connectivity index (χ1) is 10.9. The predicted molar refractivity (Wildman–Crippen MR) is 71.6 cm³/mol. The van der Waals surface area contributed by atoms with Crippen LogP contribution in [0.4, 0.5) is 0 Å². The molecule has 1 aliphatic rings. The SMILES string of the molecule is [2H]C([2H])(OS(=O)(=O)c1ccc(C)cc1)[C@H]1CN(C([2H])([2H])[2H])CCO1. The van der Waals surface area contributed by atoms with E-state index in [2.05, 4.69) is 0 Å². The molecule has 0 aromatic heterocycles. The quantitative estimate of drug-likeness (QED) is 0.775. The molecule has 1 atom stereocenters. The average molecular weight is 290 g/mol. The second-order valence-electron chi connectivity index (χ2n) is 4.27. The first-order valence-electron chi connectivity index (χ1n) is 8.31. The van der Waals surface area contributed by atoms with Crippen LogP contribution in [0.25, 0.3) is 0 Å². The molecule has 1 aliphatic heterocycles. The molecule has 0 amide bonds. The van der Waals surface area contributed by atoms with Gasteiger partial charge in [-0.15, -0.1) is 0 Å². The molecule has 0 radical (unpaired) electrons. The summed E-state index contributed by atoms with van der Waals surface area (Å²) in [5, 5.41) is 0. The molecule has 106 valence electrons. The molecule has 1 saturated heterocycles. The van der Waals surface area contributed by atoms with Crippen LogP contribution in [0.1, 0.15) is 12.4 Å². The molecule has 1 aromatic carbocycles. The molecule has 19 heavy (non-hydrogen) atoms. The van der Waals surface area contributed by atoms with E-state index >= 15 is 0 Å². The van der Waals surface area contributed by atoms with Crippen molar-refractivity contribution in [2.45, 2.75) is 17.9 Å². The van der Waals surface area contributed by atoms with Crippen molar-refractivity contribution >= 4 is 10.1 Å². The number of ether oxygens (including phenoxy) is 1. The molecular weight excluding hydrogens is 266 g/mol. The van der Waals surface area contributed by atoms with Crippen molar-refractivity contribution in [3.05, 3.63) is 29.8 Å². The Morgan fingerprint density at radius 2 is 2.26 bits per heavy atom. The van der Waals surface area contributed by atoms with Crippen molar-refractivity contribution < 1.29 is 24.2 Å². The third kappa shape index (κ3) is 4.01. The lowest BCUT2D eigenvalue weighted by Gasteiger charge is -2.29. The summed E-state index contributed by atoms with van der Waals surface area (Å²) in [5.41, 5.74) is 0.848. The summed E-state index contributed by atoms with van der Waals surface area (Å²) in [6.45, 7) is -3.55. The normalized spacial score (nSPS) is 26.8. The Balaban J connectivity index is 2.16. The highest BCUT2D eigenvalue weighted by Crippen LogP contribution is 2.14. The van der Waals surface area contributed by atoms with E-state index < -0.39 is 29.8 Å². The van der Waals surface area contributed by atoms with Crippen molar-refractivity contribution in [1.29, 1.82) is 0 Å². The van der Waals surface area contributed by atoms with Crippen molar-refractivity contribution in [2.75, 3.05) is 33.2 Å². The molecule has 0 unspecified atom stereocenters. The Morgan fingerprint density at radius 1 is 1.53 bits per heavy atom. The zero-order chi connectivity index (χ0) is 18.2. The highest BCUT2D eigenvalue weighted by Gasteiger charge is 2.22.